The Hall–Kier alpha value is -2.62. The van der Waals surface area contributed by atoms with Crippen LogP contribution in [0.15, 0.2) is 54.6 Å². The molecule has 0 aliphatic carbocycles. The van der Waals surface area contributed by atoms with Crippen LogP contribution in [0.3, 0.4) is 0 Å². The summed E-state index contributed by atoms with van der Waals surface area (Å²) < 4.78 is 5.42. The van der Waals surface area contributed by atoms with Crippen LogP contribution in [0.25, 0.3) is 11.0 Å². The molecule has 0 unspecified atom stereocenters. The summed E-state index contributed by atoms with van der Waals surface area (Å²) >= 11 is 0. The topological polar surface area (TPSA) is 55.0 Å². The summed E-state index contributed by atoms with van der Waals surface area (Å²) in [7, 11) is 0. The van der Waals surface area contributed by atoms with Crippen LogP contribution < -0.4 is 0 Å². The lowest BCUT2D eigenvalue weighted by Gasteiger charge is -2.14. The summed E-state index contributed by atoms with van der Waals surface area (Å²) in [6, 6.07) is 17.3. The third-order valence-corrected chi connectivity index (χ3v) is 3.04. The lowest BCUT2D eigenvalue weighted by atomic mass is 10.1. The smallest absolute Gasteiger partial charge is 0.303 e. The molecule has 0 aliphatic rings. The second-order valence-corrected chi connectivity index (χ2v) is 4.54. The molecule has 0 spiro atoms. The summed E-state index contributed by atoms with van der Waals surface area (Å²) in [6.07, 6.45) is -0.513. The molecule has 0 radical (unpaired) electrons. The molecule has 20 heavy (non-hydrogen) atoms. The number of carbonyl (C=O) groups is 1. The van der Waals surface area contributed by atoms with Gasteiger partial charge in [-0.1, -0.05) is 42.5 Å². The maximum absolute atomic E-state index is 11.4. The van der Waals surface area contributed by atoms with E-state index in [0.29, 0.717) is 5.82 Å². The molecule has 100 valence electrons. The van der Waals surface area contributed by atoms with E-state index in [4.69, 9.17) is 4.74 Å². The molecule has 0 saturated carbocycles. The average Bonchev–Trinajstić information content (AvgIpc) is 2.89. The summed E-state index contributed by atoms with van der Waals surface area (Å²) in [5.74, 6) is 0.298. The van der Waals surface area contributed by atoms with Crippen molar-refractivity contribution < 1.29 is 9.53 Å². The Balaban J connectivity index is 2.06. The van der Waals surface area contributed by atoms with Gasteiger partial charge in [-0.3, -0.25) is 4.79 Å². The first-order chi connectivity index (χ1) is 9.74. The molecule has 0 saturated heterocycles. The van der Waals surface area contributed by atoms with Gasteiger partial charge in [0.05, 0.1) is 11.0 Å². The van der Waals surface area contributed by atoms with E-state index in [-0.39, 0.29) is 5.97 Å². The van der Waals surface area contributed by atoms with Crippen LogP contribution in [-0.2, 0) is 9.53 Å². The Morgan fingerprint density at radius 2 is 1.80 bits per heavy atom. The fourth-order valence-electron chi connectivity index (χ4n) is 2.17. The molecule has 0 bridgehead atoms. The van der Waals surface area contributed by atoms with E-state index in [0.717, 1.165) is 16.6 Å². The van der Waals surface area contributed by atoms with Crippen molar-refractivity contribution in [2.75, 3.05) is 0 Å². The van der Waals surface area contributed by atoms with Gasteiger partial charge in [0, 0.05) is 12.5 Å². The van der Waals surface area contributed by atoms with Crippen LogP contribution in [0.2, 0.25) is 0 Å². The number of ether oxygens (including phenoxy) is 1. The fraction of sp³-hybridized carbons (Fsp3) is 0.125. The van der Waals surface area contributed by atoms with E-state index in [1.165, 1.54) is 6.92 Å². The molecule has 1 atom stereocenters. The number of hydrogen-bond acceptors (Lipinski definition) is 3. The van der Waals surface area contributed by atoms with Gasteiger partial charge in [-0.15, -0.1) is 0 Å². The molecule has 1 N–H and O–H groups in total. The lowest BCUT2D eigenvalue weighted by Crippen LogP contribution is -2.11. The lowest BCUT2D eigenvalue weighted by molar-refractivity contribution is -0.145. The Bertz CT molecular complexity index is 701. The van der Waals surface area contributed by atoms with Crippen LogP contribution in [0.1, 0.15) is 24.4 Å². The highest BCUT2D eigenvalue weighted by Crippen LogP contribution is 2.25. The zero-order valence-electron chi connectivity index (χ0n) is 11.0. The molecule has 0 aliphatic heterocycles. The number of para-hydroxylation sites is 2. The van der Waals surface area contributed by atoms with Crippen molar-refractivity contribution in [3.8, 4) is 0 Å². The Morgan fingerprint density at radius 3 is 2.50 bits per heavy atom. The molecule has 0 fully saturated rings. The first-order valence-corrected chi connectivity index (χ1v) is 6.41. The van der Waals surface area contributed by atoms with Crippen molar-refractivity contribution in [2.24, 2.45) is 0 Å². The molecule has 3 aromatic rings. The average molecular weight is 266 g/mol. The minimum Gasteiger partial charge on any atom is -0.449 e. The predicted molar refractivity (Wildman–Crippen MR) is 76.1 cm³/mol. The third kappa shape index (κ3) is 2.40. The number of esters is 1. The van der Waals surface area contributed by atoms with Crippen LogP contribution in [0.4, 0.5) is 0 Å². The van der Waals surface area contributed by atoms with E-state index >= 15 is 0 Å². The van der Waals surface area contributed by atoms with Gasteiger partial charge in [-0.2, -0.15) is 0 Å². The van der Waals surface area contributed by atoms with Gasteiger partial charge in [0.25, 0.3) is 0 Å². The van der Waals surface area contributed by atoms with Crippen molar-refractivity contribution in [3.63, 3.8) is 0 Å². The van der Waals surface area contributed by atoms with Gasteiger partial charge in [0.2, 0.25) is 0 Å². The maximum atomic E-state index is 11.4. The van der Waals surface area contributed by atoms with Gasteiger partial charge in [0.15, 0.2) is 11.9 Å². The van der Waals surface area contributed by atoms with Crippen molar-refractivity contribution in [1.29, 1.82) is 0 Å². The SMILES string of the molecule is CC(=O)O[C@@H](c1ccccc1)c1nc2ccccc2[nH]1. The minimum absolute atomic E-state index is 0.334. The van der Waals surface area contributed by atoms with E-state index < -0.39 is 6.10 Å². The van der Waals surface area contributed by atoms with E-state index in [1.807, 2.05) is 54.6 Å². The van der Waals surface area contributed by atoms with Crippen molar-refractivity contribution in [2.45, 2.75) is 13.0 Å². The molecule has 2 aromatic carbocycles. The number of fused-ring (bicyclic) bond motifs is 1. The van der Waals surface area contributed by atoms with Crippen LogP contribution >= 0.6 is 0 Å². The Labute approximate surface area is 116 Å². The monoisotopic (exact) mass is 266 g/mol. The summed E-state index contributed by atoms with van der Waals surface area (Å²) in [5.41, 5.74) is 2.67. The highest BCUT2D eigenvalue weighted by Gasteiger charge is 2.20. The Morgan fingerprint density at radius 1 is 1.10 bits per heavy atom. The number of nitrogens with one attached hydrogen (secondary N) is 1. The molecular weight excluding hydrogens is 252 g/mol. The van der Waals surface area contributed by atoms with Gasteiger partial charge >= 0.3 is 5.97 Å². The Kier molecular flexibility index (Phi) is 3.21. The predicted octanol–water partition coefficient (Wildman–Crippen LogP) is 3.22. The van der Waals surface area contributed by atoms with Gasteiger partial charge in [-0.05, 0) is 12.1 Å². The third-order valence-electron chi connectivity index (χ3n) is 3.04. The van der Waals surface area contributed by atoms with E-state index in [2.05, 4.69) is 9.97 Å². The number of aromatic nitrogens is 2. The minimum atomic E-state index is -0.513. The zero-order valence-corrected chi connectivity index (χ0v) is 11.0. The molecule has 1 aromatic heterocycles. The number of hydrogen-bond donors (Lipinski definition) is 1. The van der Waals surface area contributed by atoms with E-state index in [9.17, 15) is 4.79 Å². The molecule has 4 nitrogen and oxygen atoms in total. The first-order valence-electron chi connectivity index (χ1n) is 6.41. The summed E-state index contributed by atoms with van der Waals surface area (Å²) in [4.78, 5) is 19.1. The highest BCUT2D eigenvalue weighted by molar-refractivity contribution is 5.75. The maximum Gasteiger partial charge on any atom is 0.303 e. The normalized spacial score (nSPS) is 12.2. The van der Waals surface area contributed by atoms with Crippen LogP contribution in [-0.4, -0.2) is 15.9 Å². The standard InChI is InChI=1S/C16H14N2O2/c1-11(19)20-15(12-7-3-2-4-8-12)16-17-13-9-5-6-10-14(13)18-16/h2-10,15H,1H3,(H,17,18)/t15-/m0/s1. The number of benzene rings is 2. The number of H-pyrrole nitrogens is 1. The second-order valence-electron chi connectivity index (χ2n) is 4.54. The van der Waals surface area contributed by atoms with Gasteiger partial charge in [0.1, 0.15) is 0 Å². The van der Waals surface area contributed by atoms with Gasteiger partial charge < -0.3 is 9.72 Å². The quantitative estimate of drug-likeness (QED) is 0.740. The highest BCUT2D eigenvalue weighted by atomic mass is 16.5. The largest absolute Gasteiger partial charge is 0.449 e. The van der Waals surface area contributed by atoms with E-state index in [1.54, 1.807) is 0 Å². The molecule has 1 heterocycles. The van der Waals surface area contributed by atoms with Crippen molar-refractivity contribution >= 4 is 17.0 Å². The molecule has 0 amide bonds. The number of carbonyl (C=O) groups excluding carboxylic acids is 1. The van der Waals surface area contributed by atoms with Crippen molar-refractivity contribution in [3.05, 3.63) is 66.0 Å². The number of aromatic amines is 1. The van der Waals surface area contributed by atoms with Crippen molar-refractivity contribution in [1.82, 2.24) is 9.97 Å². The van der Waals surface area contributed by atoms with Gasteiger partial charge in [-0.25, -0.2) is 4.98 Å². The first kappa shape index (κ1) is 12.4. The molecular formula is C16H14N2O2. The second kappa shape index (κ2) is 5.17. The molecule has 3 rings (SSSR count). The zero-order chi connectivity index (χ0) is 13.9. The van der Waals surface area contributed by atoms with Crippen LogP contribution in [0, 0.1) is 0 Å². The number of nitrogens with zero attached hydrogens (tertiary/aromatic N) is 1. The number of rotatable bonds is 3. The number of imidazole rings is 1. The fourth-order valence-corrected chi connectivity index (χ4v) is 2.17. The summed E-state index contributed by atoms with van der Waals surface area (Å²) in [6.45, 7) is 1.40. The van der Waals surface area contributed by atoms with Crippen LogP contribution in [0.5, 0.6) is 0 Å². The molecule has 4 heteroatoms. The summed E-state index contributed by atoms with van der Waals surface area (Å²) in [5, 5.41) is 0.